The van der Waals surface area contributed by atoms with E-state index in [-0.39, 0.29) is 12.3 Å². The van der Waals surface area contributed by atoms with Crippen LogP contribution >= 0.6 is 11.6 Å². The van der Waals surface area contributed by atoms with Crippen molar-refractivity contribution < 1.29 is 4.74 Å². The van der Waals surface area contributed by atoms with Crippen molar-refractivity contribution in [2.45, 2.75) is 19.2 Å². The average molecular weight is 291 g/mol. The van der Waals surface area contributed by atoms with E-state index < -0.39 is 0 Å². The van der Waals surface area contributed by atoms with Gasteiger partial charge in [0.05, 0.1) is 16.8 Å². The lowest BCUT2D eigenvalue weighted by atomic mass is 10.3. The topological polar surface area (TPSA) is 64.6 Å². The third kappa shape index (κ3) is 2.37. The van der Waals surface area contributed by atoms with Crippen LogP contribution in [0.25, 0.3) is 0 Å². The maximum absolute atomic E-state index is 6.19. The van der Waals surface area contributed by atoms with Gasteiger partial charge in [-0.3, -0.25) is 10.1 Å². The minimum absolute atomic E-state index is 0.190. The summed E-state index contributed by atoms with van der Waals surface area (Å²) in [5.41, 5.74) is 10.5. The van der Waals surface area contributed by atoms with Gasteiger partial charge in [0.25, 0.3) is 0 Å². The number of rotatable bonds is 2. The smallest absolute Gasteiger partial charge is 0.244 e. The molecular weight excluding hydrogens is 276 g/mol. The molecule has 0 bridgehead atoms. The number of nitrogens with two attached hydrogens (primary N) is 1. The van der Waals surface area contributed by atoms with Crippen LogP contribution in [-0.4, -0.2) is 22.8 Å². The Hall–Kier alpha value is -1.98. The summed E-state index contributed by atoms with van der Waals surface area (Å²) in [4.78, 5) is 4.52. The van der Waals surface area contributed by atoms with Crippen molar-refractivity contribution >= 4 is 23.2 Å². The molecule has 20 heavy (non-hydrogen) atoms. The lowest BCUT2D eigenvalue weighted by Gasteiger charge is -2.31. The number of hydrogen-bond acceptors (Lipinski definition) is 4. The number of benzene rings is 1. The Morgan fingerprint density at radius 1 is 1.35 bits per heavy atom. The fourth-order valence-corrected chi connectivity index (χ4v) is 2.21. The van der Waals surface area contributed by atoms with Crippen LogP contribution in [-0.2, 0) is 4.74 Å². The monoisotopic (exact) mass is 290 g/mol. The Labute approximate surface area is 122 Å². The van der Waals surface area contributed by atoms with E-state index >= 15 is 0 Å². The summed E-state index contributed by atoms with van der Waals surface area (Å²) in [7, 11) is 0. The number of hydrogen-bond donors (Lipinski definition) is 2. The molecule has 1 unspecified atom stereocenters. The molecule has 104 valence electrons. The van der Waals surface area contributed by atoms with Crippen LogP contribution in [0.15, 0.2) is 47.6 Å². The van der Waals surface area contributed by atoms with E-state index in [0.717, 1.165) is 5.69 Å². The largest absolute Gasteiger partial charge is 0.449 e. The van der Waals surface area contributed by atoms with Gasteiger partial charge in [-0.2, -0.15) is 0 Å². The normalized spacial score (nSPS) is 20.9. The van der Waals surface area contributed by atoms with Gasteiger partial charge in [0, 0.05) is 6.20 Å². The van der Waals surface area contributed by atoms with Crippen molar-refractivity contribution in [3.8, 4) is 0 Å². The molecule has 1 aliphatic heterocycles. The van der Waals surface area contributed by atoms with Crippen molar-refractivity contribution in [3.63, 3.8) is 0 Å². The molecule has 3 rings (SSSR count). The Morgan fingerprint density at radius 2 is 2.10 bits per heavy atom. The van der Waals surface area contributed by atoms with Crippen molar-refractivity contribution in [2.24, 2.45) is 10.7 Å². The van der Waals surface area contributed by atoms with Gasteiger partial charge in [-0.25, -0.2) is 4.99 Å². The first kappa shape index (κ1) is 13.0. The molecule has 2 atom stereocenters. The zero-order chi connectivity index (χ0) is 14.1. The maximum Gasteiger partial charge on any atom is 0.244 e. The standard InChI is InChI=1S/C14H15ClN4O/c1-9(16)13-18-19-8-7-11(15)12(19)14(20-13)17-10-5-3-2-4-6-10/h2-9,13,18H,16H2,1H3/b17-14-/t9-,13?/m0/s1. The van der Waals surface area contributed by atoms with Gasteiger partial charge < -0.3 is 10.5 Å². The van der Waals surface area contributed by atoms with Crippen LogP contribution < -0.4 is 11.2 Å². The summed E-state index contributed by atoms with van der Waals surface area (Å²) in [5, 5.41) is 0.579. The third-order valence-corrected chi connectivity index (χ3v) is 3.31. The highest BCUT2D eigenvalue weighted by molar-refractivity contribution is 6.33. The third-order valence-electron chi connectivity index (χ3n) is 3.01. The second-order valence-corrected chi connectivity index (χ2v) is 5.07. The first-order valence-corrected chi connectivity index (χ1v) is 6.72. The van der Waals surface area contributed by atoms with Gasteiger partial charge in [-0.1, -0.05) is 29.8 Å². The van der Waals surface area contributed by atoms with E-state index in [9.17, 15) is 0 Å². The summed E-state index contributed by atoms with van der Waals surface area (Å²) in [6.45, 7) is 1.87. The van der Waals surface area contributed by atoms with Crippen LogP contribution in [0, 0.1) is 0 Å². The fraction of sp³-hybridized carbons (Fsp3) is 0.214. The van der Waals surface area contributed by atoms with Crippen molar-refractivity contribution in [2.75, 3.05) is 5.43 Å². The molecule has 3 N–H and O–H groups in total. The second kappa shape index (κ2) is 5.19. The Kier molecular flexibility index (Phi) is 3.38. The van der Waals surface area contributed by atoms with Gasteiger partial charge in [0.15, 0.2) is 6.23 Å². The molecule has 2 aromatic rings. The maximum atomic E-state index is 6.19. The lowest BCUT2D eigenvalue weighted by Crippen LogP contribution is -2.49. The fourth-order valence-electron chi connectivity index (χ4n) is 1.98. The minimum Gasteiger partial charge on any atom is -0.449 e. The van der Waals surface area contributed by atoms with E-state index in [4.69, 9.17) is 22.1 Å². The minimum atomic E-state index is -0.353. The van der Waals surface area contributed by atoms with Crippen LogP contribution in [0.3, 0.4) is 0 Å². The summed E-state index contributed by atoms with van der Waals surface area (Å²) in [6, 6.07) is 11.2. The van der Waals surface area contributed by atoms with E-state index in [0.29, 0.717) is 16.6 Å². The van der Waals surface area contributed by atoms with Crippen LogP contribution in [0.4, 0.5) is 5.69 Å². The van der Waals surface area contributed by atoms with Gasteiger partial charge in [0.2, 0.25) is 5.90 Å². The summed E-state index contributed by atoms with van der Waals surface area (Å²) in [5.74, 6) is 0.465. The molecule has 0 aliphatic carbocycles. The summed E-state index contributed by atoms with van der Waals surface area (Å²) >= 11 is 6.19. The van der Waals surface area contributed by atoms with Gasteiger partial charge in [-0.15, -0.1) is 0 Å². The lowest BCUT2D eigenvalue weighted by molar-refractivity contribution is 0.165. The van der Waals surface area contributed by atoms with E-state index in [1.165, 1.54) is 0 Å². The molecule has 0 saturated heterocycles. The zero-order valence-electron chi connectivity index (χ0n) is 11.0. The Bertz CT molecular complexity index is 636. The number of para-hydroxylation sites is 1. The molecule has 6 heteroatoms. The number of halogens is 1. The van der Waals surface area contributed by atoms with Crippen LogP contribution in [0.2, 0.25) is 5.02 Å². The van der Waals surface area contributed by atoms with Gasteiger partial charge in [0.1, 0.15) is 5.69 Å². The summed E-state index contributed by atoms with van der Waals surface area (Å²) < 4.78 is 7.62. The number of aliphatic imine (C=N–C) groups is 1. The van der Waals surface area contributed by atoms with E-state index in [1.807, 2.05) is 43.5 Å². The van der Waals surface area contributed by atoms with Crippen molar-refractivity contribution in [3.05, 3.63) is 53.3 Å². The summed E-state index contributed by atoms with van der Waals surface area (Å²) in [6.07, 6.45) is 1.48. The predicted octanol–water partition coefficient (Wildman–Crippen LogP) is 2.47. The van der Waals surface area contributed by atoms with Crippen LogP contribution in [0.5, 0.6) is 0 Å². The molecule has 0 saturated carbocycles. The molecule has 1 aromatic heterocycles. The number of nitrogens with zero attached hydrogens (tertiary/aromatic N) is 2. The second-order valence-electron chi connectivity index (χ2n) is 4.66. The Morgan fingerprint density at radius 3 is 2.80 bits per heavy atom. The highest BCUT2D eigenvalue weighted by atomic mass is 35.5. The molecule has 1 aromatic carbocycles. The number of nitrogens with one attached hydrogen (secondary N) is 1. The first-order valence-electron chi connectivity index (χ1n) is 6.35. The predicted molar refractivity (Wildman–Crippen MR) is 80.0 cm³/mol. The molecule has 0 radical (unpaired) electrons. The SMILES string of the molecule is C[C@H](N)C1Nn2ccc(Cl)c2/C(=N/c2ccccc2)O1. The molecule has 0 amide bonds. The number of ether oxygens (including phenoxy) is 1. The van der Waals surface area contributed by atoms with Crippen LogP contribution in [0.1, 0.15) is 12.6 Å². The average Bonchev–Trinajstić information content (AvgIpc) is 2.82. The van der Waals surface area contributed by atoms with Crippen molar-refractivity contribution in [1.29, 1.82) is 0 Å². The number of aromatic nitrogens is 1. The van der Waals surface area contributed by atoms with Gasteiger partial charge >= 0.3 is 0 Å². The number of fused-ring (bicyclic) bond motifs is 1. The highest BCUT2D eigenvalue weighted by Crippen LogP contribution is 2.24. The highest BCUT2D eigenvalue weighted by Gasteiger charge is 2.28. The zero-order valence-corrected chi connectivity index (χ0v) is 11.7. The first-order chi connectivity index (χ1) is 9.65. The molecule has 2 heterocycles. The molecular formula is C14H15ClN4O. The molecule has 0 fully saturated rings. The van der Waals surface area contributed by atoms with E-state index in [1.54, 1.807) is 10.7 Å². The molecule has 5 nitrogen and oxygen atoms in total. The van der Waals surface area contributed by atoms with Gasteiger partial charge in [-0.05, 0) is 25.1 Å². The Balaban J connectivity index is 2.04. The quantitative estimate of drug-likeness (QED) is 0.893. The molecule has 0 spiro atoms. The van der Waals surface area contributed by atoms with Crippen molar-refractivity contribution in [1.82, 2.24) is 4.68 Å². The van der Waals surface area contributed by atoms with E-state index in [2.05, 4.69) is 10.4 Å². The molecule has 1 aliphatic rings.